The van der Waals surface area contributed by atoms with Crippen molar-refractivity contribution in [2.24, 2.45) is 5.92 Å². The third-order valence-electron chi connectivity index (χ3n) is 5.87. The summed E-state index contributed by atoms with van der Waals surface area (Å²) in [4.78, 5) is 35.3. The summed E-state index contributed by atoms with van der Waals surface area (Å²) in [6, 6.07) is 14.9. The Morgan fingerprint density at radius 3 is 2.12 bits per heavy atom. The molecule has 176 valence electrons. The van der Waals surface area contributed by atoms with Gasteiger partial charge in [0, 0.05) is 18.9 Å². The second kappa shape index (κ2) is 11.0. The van der Waals surface area contributed by atoms with E-state index in [0.29, 0.717) is 13.0 Å². The monoisotopic (exact) mass is 454 g/mol. The van der Waals surface area contributed by atoms with E-state index < -0.39 is 30.1 Å². The molecule has 8 heteroatoms. The van der Waals surface area contributed by atoms with E-state index in [4.69, 9.17) is 9.84 Å². The number of fused-ring (bicyclic) bond motifs is 3. The van der Waals surface area contributed by atoms with Gasteiger partial charge in [0.1, 0.15) is 6.61 Å². The van der Waals surface area contributed by atoms with Crippen LogP contribution in [0.3, 0.4) is 0 Å². The SMILES string of the molecule is CC(CCC(=O)NC(C(=O)O)C(C)O)CNC(=O)OCC1c2ccccc2-c2ccccc21. The highest BCUT2D eigenvalue weighted by Gasteiger charge is 2.29. The van der Waals surface area contributed by atoms with E-state index >= 15 is 0 Å². The Kier molecular flexibility index (Phi) is 8.06. The fraction of sp³-hybridized carbons (Fsp3) is 0.400. The van der Waals surface area contributed by atoms with Crippen molar-refractivity contribution in [2.45, 2.75) is 44.8 Å². The Morgan fingerprint density at radius 1 is 1.00 bits per heavy atom. The Bertz CT molecular complexity index is 960. The maximum Gasteiger partial charge on any atom is 0.407 e. The van der Waals surface area contributed by atoms with Gasteiger partial charge in [0.2, 0.25) is 5.91 Å². The predicted octanol–water partition coefficient (Wildman–Crippen LogP) is 2.89. The van der Waals surface area contributed by atoms with Crippen molar-refractivity contribution in [3.8, 4) is 11.1 Å². The number of carbonyl (C=O) groups excluding carboxylic acids is 2. The molecule has 3 rings (SSSR count). The van der Waals surface area contributed by atoms with Crippen molar-refractivity contribution in [3.05, 3.63) is 59.7 Å². The molecule has 1 aliphatic carbocycles. The molecule has 0 aliphatic heterocycles. The van der Waals surface area contributed by atoms with Gasteiger partial charge in [-0.15, -0.1) is 0 Å². The van der Waals surface area contributed by atoms with Crippen LogP contribution in [0.25, 0.3) is 11.1 Å². The summed E-state index contributed by atoms with van der Waals surface area (Å²) >= 11 is 0. The van der Waals surface area contributed by atoms with Crippen LogP contribution in [0.15, 0.2) is 48.5 Å². The molecular formula is C25H30N2O6. The number of aliphatic carboxylic acids is 1. The molecule has 0 saturated heterocycles. The smallest absolute Gasteiger partial charge is 0.407 e. The summed E-state index contributed by atoms with van der Waals surface area (Å²) in [5.74, 6) is -1.79. The van der Waals surface area contributed by atoms with Crippen LogP contribution in [0.2, 0.25) is 0 Å². The quantitative estimate of drug-likeness (QED) is 0.438. The minimum atomic E-state index is -1.34. The first-order chi connectivity index (χ1) is 15.8. The highest BCUT2D eigenvalue weighted by molar-refractivity contribution is 5.84. The third-order valence-corrected chi connectivity index (χ3v) is 5.87. The van der Waals surface area contributed by atoms with Gasteiger partial charge in [-0.1, -0.05) is 55.5 Å². The van der Waals surface area contributed by atoms with Crippen molar-refractivity contribution < 1.29 is 29.3 Å². The molecule has 1 aliphatic rings. The van der Waals surface area contributed by atoms with Crippen molar-refractivity contribution in [3.63, 3.8) is 0 Å². The average molecular weight is 455 g/mol. The van der Waals surface area contributed by atoms with Crippen LogP contribution in [-0.2, 0) is 14.3 Å². The molecule has 2 aromatic carbocycles. The molecule has 2 amide bonds. The highest BCUT2D eigenvalue weighted by Crippen LogP contribution is 2.44. The van der Waals surface area contributed by atoms with Crippen LogP contribution in [0.5, 0.6) is 0 Å². The molecule has 8 nitrogen and oxygen atoms in total. The predicted molar refractivity (Wildman–Crippen MR) is 123 cm³/mol. The van der Waals surface area contributed by atoms with Gasteiger partial charge in [-0.3, -0.25) is 4.79 Å². The highest BCUT2D eigenvalue weighted by atomic mass is 16.5. The number of alkyl carbamates (subject to hydrolysis) is 1. The first-order valence-electron chi connectivity index (χ1n) is 11.1. The summed E-state index contributed by atoms with van der Waals surface area (Å²) in [5, 5.41) is 23.5. The average Bonchev–Trinajstić information content (AvgIpc) is 3.11. The van der Waals surface area contributed by atoms with Gasteiger partial charge >= 0.3 is 12.1 Å². The minimum absolute atomic E-state index is 0.0135. The van der Waals surface area contributed by atoms with Gasteiger partial charge in [0.25, 0.3) is 0 Å². The van der Waals surface area contributed by atoms with Gasteiger partial charge in [-0.05, 0) is 41.5 Å². The summed E-state index contributed by atoms with van der Waals surface area (Å²) in [6.07, 6.45) is -1.18. The number of rotatable bonds is 10. The second-order valence-electron chi connectivity index (χ2n) is 8.47. The number of hydrogen-bond donors (Lipinski definition) is 4. The van der Waals surface area contributed by atoms with Crippen LogP contribution in [0.4, 0.5) is 4.79 Å². The number of carboxylic acid groups (broad SMARTS) is 1. The van der Waals surface area contributed by atoms with E-state index in [1.54, 1.807) is 0 Å². The normalized spacial score (nSPS) is 15.0. The number of benzene rings is 2. The van der Waals surface area contributed by atoms with E-state index in [-0.39, 0.29) is 24.9 Å². The number of carbonyl (C=O) groups is 3. The van der Waals surface area contributed by atoms with Gasteiger partial charge in [-0.25, -0.2) is 9.59 Å². The zero-order valence-corrected chi connectivity index (χ0v) is 18.8. The van der Waals surface area contributed by atoms with Crippen LogP contribution in [-0.4, -0.2) is 53.5 Å². The van der Waals surface area contributed by atoms with E-state index in [1.165, 1.54) is 6.92 Å². The molecule has 0 heterocycles. The molecule has 0 spiro atoms. The fourth-order valence-corrected chi connectivity index (χ4v) is 4.02. The summed E-state index contributed by atoms with van der Waals surface area (Å²) in [6.45, 7) is 3.73. The van der Waals surface area contributed by atoms with Crippen LogP contribution >= 0.6 is 0 Å². The zero-order chi connectivity index (χ0) is 24.0. The van der Waals surface area contributed by atoms with Crippen LogP contribution < -0.4 is 10.6 Å². The Morgan fingerprint density at radius 2 is 1.58 bits per heavy atom. The summed E-state index contributed by atoms with van der Waals surface area (Å²) in [7, 11) is 0. The van der Waals surface area contributed by atoms with Crippen LogP contribution in [0, 0.1) is 5.92 Å². The maximum atomic E-state index is 12.3. The molecule has 0 fully saturated rings. The first kappa shape index (κ1) is 24.3. The molecule has 4 N–H and O–H groups in total. The van der Waals surface area contributed by atoms with Gasteiger partial charge < -0.3 is 25.6 Å². The lowest BCUT2D eigenvalue weighted by molar-refractivity contribution is -0.144. The van der Waals surface area contributed by atoms with Crippen molar-refractivity contribution in [1.82, 2.24) is 10.6 Å². The van der Waals surface area contributed by atoms with Crippen molar-refractivity contribution >= 4 is 18.0 Å². The number of aliphatic hydroxyl groups is 1. The minimum Gasteiger partial charge on any atom is -0.480 e. The Labute approximate surface area is 193 Å². The largest absolute Gasteiger partial charge is 0.480 e. The summed E-state index contributed by atoms with van der Waals surface area (Å²) in [5.41, 5.74) is 4.61. The molecular weight excluding hydrogens is 424 g/mol. The molecule has 3 atom stereocenters. The molecule has 0 saturated carbocycles. The van der Waals surface area contributed by atoms with E-state index in [0.717, 1.165) is 22.3 Å². The molecule has 0 aromatic heterocycles. The molecule has 33 heavy (non-hydrogen) atoms. The van der Waals surface area contributed by atoms with E-state index in [2.05, 4.69) is 34.9 Å². The first-order valence-corrected chi connectivity index (χ1v) is 11.1. The molecule has 2 aromatic rings. The lowest BCUT2D eigenvalue weighted by Gasteiger charge is -2.18. The van der Waals surface area contributed by atoms with Crippen LogP contribution in [0.1, 0.15) is 43.7 Å². The number of aliphatic hydroxyl groups excluding tert-OH is 1. The van der Waals surface area contributed by atoms with E-state index in [9.17, 15) is 19.5 Å². The number of ether oxygens (including phenoxy) is 1. The topological polar surface area (TPSA) is 125 Å². The van der Waals surface area contributed by atoms with E-state index in [1.807, 2.05) is 31.2 Å². The number of nitrogens with one attached hydrogen (secondary N) is 2. The lowest BCUT2D eigenvalue weighted by Crippen LogP contribution is -2.47. The standard InChI is InChI=1S/C25H30N2O6/c1-15(11-12-22(29)27-23(16(2)28)24(30)31)13-26-25(32)33-14-21-19-9-5-3-7-17(19)18-8-4-6-10-20(18)21/h3-10,15-16,21,23,28H,11-14H2,1-2H3,(H,26,32)(H,27,29)(H,30,31). The number of hydrogen-bond acceptors (Lipinski definition) is 5. The molecule has 0 bridgehead atoms. The zero-order valence-electron chi connectivity index (χ0n) is 18.8. The fourth-order valence-electron chi connectivity index (χ4n) is 4.02. The lowest BCUT2D eigenvalue weighted by atomic mass is 9.98. The second-order valence-corrected chi connectivity index (χ2v) is 8.47. The number of carboxylic acids is 1. The Balaban J connectivity index is 1.43. The molecule has 0 radical (unpaired) electrons. The Hall–Kier alpha value is -3.39. The molecule has 3 unspecified atom stereocenters. The van der Waals surface area contributed by atoms with Gasteiger partial charge in [0.05, 0.1) is 6.10 Å². The van der Waals surface area contributed by atoms with Gasteiger partial charge in [0.15, 0.2) is 6.04 Å². The number of amides is 2. The third kappa shape index (κ3) is 6.10. The summed E-state index contributed by atoms with van der Waals surface area (Å²) < 4.78 is 5.50. The van der Waals surface area contributed by atoms with Crippen molar-refractivity contribution in [1.29, 1.82) is 0 Å². The van der Waals surface area contributed by atoms with Crippen molar-refractivity contribution in [2.75, 3.05) is 13.2 Å². The maximum absolute atomic E-state index is 12.3. The van der Waals surface area contributed by atoms with Gasteiger partial charge in [-0.2, -0.15) is 0 Å².